The topological polar surface area (TPSA) is 37.7 Å². The summed E-state index contributed by atoms with van der Waals surface area (Å²) in [6.45, 7) is 3.86. The maximum absolute atomic E-state index is 13.2. The third-order valence-electron chi connectivity index (χ3n) is 6.55. The zero-order valence-electron chi connectivity index (χ0n) is 19.3. The molecule has 5 rings (SSSR count). The van der Waals surface area contributed by atoms with E-state index >= 15 is 0 Å². The fourth-order valence-corrected chi connectivity index (χ4v) is 4.79. The van der Waals surface area contributed by atoms with Gasteiger partial charge >= 0.3 is 0 Å². The average molecular weight is 474 g/mol. The molecule has 5 nitrogen and oxygen atoms in total. The number of amides is 1. The van der Waals surface area contributed by atoms with Crippen molar-refractivity contribution in [1.29, 1.82) is 0 Å². The minimum absolute atomic E-state index is 0.184. The van der Waals surface area contributed by atoms with Crippen molar-refractivity contribution in [3.63, 3.8) is 0 Å². The van der Waals surface area contributed by atoms with Gasteiger partial charge < -0.3 is 19.1 Å². The number of aromatic nitrogens is 1. The monoisotopic (exact) mass is 473 g/mol. The number of fused-ring (bicyclic) bond motifs is 1. The number of halogens is 1. The number of piperazine rings is 1. The molecule has 174 valence electrons. The van der Waals surface area contributed by atoms with E-state index in [4.69, 9.17) is 16.3 Å². The molecule has 1 aliphatic heterocycles. The minimum atomic E-state index is 0.184. The fraction of sp³-hybridized carbons (Fsp3) is 0.250. The number of ether oxygens (including phenoxy) is 1. The largest absolute Gasteiger partial charge is 0.497 e. The molecule has 6 heteroatoms. The first kappa shape index (κ1) is 22.4. The summed E-state index contributed by atoms with van der Waals surface area (Å²) in [5, 5.41) is 1.88. The Morgan fingerprint density at radius 2 is 1.62 bits per heavy atom. The molecule has 2 heterocycles. The van der Waals surface area contributed by atoms with Crippen LogP contribution < -0.4 is 9.64 Å². The summed E-state index contributed by atoms with van der Waals surface area (Å²) in [6.07, 6.45) is 2.54. The molecule has 1 amide bonds. The van der Waals surface area contributed by atoms with Crippen molar-refractivity contribution in [1.82, 2.24) is 9.47 Å². The van der Waals surface area contributed by atoms with Crippen molar-refractivity contribution >= 4 is 34.1 Å². The van der Waals surface area contributed by atoms with Crippen LogP contribution in [0, 0.1) is 0 Å². The lowest BCUT2D eigenvalue weighted by molar-refractivity contribution is -0.130. The van der Waals surface area contributed by atoms with Crippen molar-refractivity contribution in [2.75, 3.05) is 38.2 Å². The number of carbonyl (C=O) groups excluding carboxylic acids is 1. The first-order valence-corrected chi connectivity index (χ1v) is 12.0. The van der Waals surface area contributed by atoms with Crippen LogP contribution in [0.2, 0.25) is 5.02 Å². The SMILES string of the molecule is COc1ccc(N2CCN(C(=O)Cc3cn(Cc4ccc(Cl)cc4)c4ccccc34)CC2)cc1. The summed E-state index contributed by atoms with van der Waals surface area (Å²) in [5.41, 5.74) is 4.56. The zero-order valence-corrected chi connectivity index (χ0v) is 20.0. The summed E-state index contributed by atoms with van der Waals surface area (Å²) < 4.78 is 7.48. The Kier molecular flexibility index (Phi) is 6.45. The quantitative estimate of drug-likeness (QED) is 0.384. The Hall–Kier alpha value is -3.44. The first-order valence-electron chi connectivity index (χ1n) is 11.6. The van der Waals surface area contributed by atoms with Crippen LogP contribution >= 0.6 is 11.6 Å². The van der Waals surface area contributed by atoms with Gasteiger partial charge in [0.25, 0.3) is 0 Å². The summed E-state index contributed by atoms with van der Waals surface area (Å²) in [6, 6.07) is 24.3. The molecule has 0 spiro atoms. The van der Waals surface area contributed by atoms with Crippen molar-refractivity contribution in [2.24, 2.45) is 0 Å². The van der Waals surface area contributed by atoms with Crippen molar-refractivity contribution in [3.05, 3.63) is 95.1 Å². The van der Waals surface area contributed by atoms with Crippen LogP contribution in [-0.4, -0.2) is 48.7 Å². The molecule has 1 aliphatic rings. The molecule has 0 radical (unpaired) electrons. The molecule has 1 fully saturated rings. The Balaban J connectivity index is 1.27. The second-order valence-electron chi connectivity index (χ2n) is 8.67. The van der Waals surface area contributed by atoms with Crippen molar-refractivity contribution < 1.29 is 9.53 Å². The standard InChI is InChI=1S/C28H28ClN3O2/c1-34-25-12-10-24(11-13-25)30-14-16-31(17-15-30)28(33)18-22-20-32(27-5-3-2-4-26(22)27)19-21-6-8-23(29)9-7-21/h2-13,20H,14-19H2,1H3. The van der Waals surface area contributed by atoms with E-state index in [9.17, 15) is 4.79 Å². The highest BCUT2D eigenvalue weighted by Crippen LogP contribution is 2.25. The lowest BCUT2D eigenvalue weighted by atomic mass is 10.1. The van der Waals surface area contributed by atoms with Crippen LogP contribution in [0.3, 0.4) is 0 Å². The van der Waals surface area contributed by atoms with Gasteiger partial charge in [0.2, 0.25) is 5.91 Å². The second kappa shape index (κ2) is 9.82. The van der Waals surface area contributed by atoms with Crippen LogP contribution in [0.25, 0.3) is 10.9 Å². The van der Waals surface area contributed by atoms with E-state index in [2.05, 4.69) is 39.9 Å². The molecule has 0 N–H and O–H groups in total. The van der Waals surface area contributed by atoms with Gasteiger partial charge in [-0.3, -0.25) is 4.79 Å². The van der Waals surface area contributed by atoms with E-state index in [1.807, 2.05) is 53.4 Å². The number of methoxy groups -OCH3 is 1. The molecular formula is C28H28ClN3O2. The molecule has 0 unspecified atom stereocenters. The van der Waals surface area contributed by atoms with Gasteiger partial charge in [-0.05, 0) is 53.6 Å². The van der Waals surface area contributed by atoms with Gasteiger partial charge in [-0.1, -0.05) is 41.9 Å². The predicted octanol–water partition coefficient (Wildman–Crippen LogP) is 5.24. The average Bonchev–Trinajstić information content (AvgIpc) is 3.22. The molecule has 0 bridgehead atoms. The summed E-state index contributed by atoms with van der Waals surface area (Å²) >= 11 is 6.04. The fourth-order valence-electron chi connectivity index (χ4n) is 4.66. The molecule has 1 saturated heterocycles. The Morgan fingerprint density at radius 3 is 2.32 bits per heavy atom. The van der Waals surface area contributed by atoms with Crippen LogP contribution in [0.1, 0.15) is 11.1 Å². The van der Waals surface area contributed by atoms with Crippen molar-refractivity contribution in [3.8, 4) is 5.75 Å². The number of carbonyl (C=O) groups is 1. The van der Waals surface area contributed by atoms with Gasteiger partial charge in [0.1, 0.15) is 5.75 Å². The third-order valence-corrected chi connectivity index (χ3v) is 6.80. The maximum atomic E-state index is 13.2. The van der Waals surface area contributed by atoms with E-state index in [1.165, 1.54) is 5.56 Å². The maximum Gasteiger partial charge on any atom is 0.227 e. The Labute approximate surface area is 205 Å². The van der Waals surface area contributed by atoms with E-state index < -0.39 is 0 Å². The van der Waals surface area contributed by atoms with E-state index in [0.717, 1.165) is 65.6 Å². The minimum Gasteiger partial charge on any atom is -0.497 e. The first-order chi connectivity index (χ1) is 16.6. The normalized spacial score (nSPS) is 13.9. The number of hydrogen-bond acceptors (Lipinski definition) is 3. The molecular weight excluding hydrogens is 446 g/mol. The van der Waals surface area contributed by atoms with Gasteiger partial charge in [0.05, 0.1) is 13.5 Å². The smallest absolute Gasteiger partial charge is 0.227 e. The van der Waals surface area contributed by atoms with Crippen molar-refractivity contribution in [2.45, 2.75) is 13.0 Å². The van der Waals surface area contributed by atoms with Gasteiger partial charge in [0.15, 0.2) is 0 Å². The summed E-state index contributed by atoms with van der Waals surface area (Å²) in [5.74, 6) is 1.04. The lowest BCUT2D eigenvalue weighted by Gasteiger charge is -2.36. The van der Waals surface area contributed by atoms with E-state index in [0.29, 0.717) is 6.42 Å². The molecule has 1 aromatic heterocycles. The molecule has 4 aromatic rings. The predicted molar refractivity (Wildman–Crippen MR) is 138 cm³/mol. The zero-order chi connectivity index (χ0) is 23.5. The van der Waals surface area contributed by atoms with Crippen LogP contribution in [0.4, 0.5) is 5.69 Å². The number of hydrogen-bond donors (Lipinski definition) is 0. The number of benzene rings is 3. The van der Waals surface area contributed by atoms with Crippen LogP contribution in [-0.2, 0) is 17.8 Å². The molecule has 0 aliphatic carbocycles. The lowest BCUT2D eigenvalue weighted by Crippen LogP contribution is -2.49. The number of para-hydroxylation sites is 1. The van der Waals surface area contributed by atoms with Gasteiger partial charge in [-0.25, -0.2) is 0 Å². The number of anilines is 1. The molecule has 0 atom stereocenters. The van der Waals surface area contributed by atoms with Gasteiger partial charge in [0, 0.05) is 60.5 Å². The van der Waals surface area contributed by atoms with E-state index in [1.54, 1.807) is 7.11 Å². The third kappa shape index (κ3) is 4.75. The summed E-state index contributed by atoms with van der Waals surface area (Å²) in [4.78, 5) is 17.5. The molecule has 0 saturated carbocycles. The Morgan fingerprint density at radius 1 is 0.912 bits per heavy atom. The van der Waals surface area contributed by atoms with Gasteiger partial charge in [-0.2, -0.15) is 0 Å². The van der Waals surface area contributed by atoms with E-state index in [-0.39, 0.29) is 5.91 Å². The highest BCUT2D eigenvalue weighted by molar-refractivity contribution is 6.30. The number of nitrogens with zero attached hydrogens (tertiary/aromatic N) is 3. The Bertz CT molecular complexity index is 1270. The summed E-state index contributed by atoms with van der Waals surface area (Å²) in [7, 11) is 1.68. The van der Waals surface area contributed by atoms with Gasteiger partial charge in [-0.15, -0.1) is 0 Å². The number of rotatable bonds is 6. The second-order valence-corrected chi connectivity index (χ2v) is 9.10. The van der Waals surface area contributed by atoms with Crippen LogP contribution in [0.15, 0.2) is 79.0 Å². The van der Waals surface area contributed by atoms with Crippen LogP contribution in [0.5, 0.6) is 5.75 Å². The highest BCUT2D eigenvalue weighted by atomic mass is 35.5. The highest BCUT2D eigenvalue weighted by Gasteiger charge is 2.22. The molecule has 3 aromatic carbocycles. The molecule has 34 heavy (non-hydrogen) atoms.